The summed E-state index contributed by atoms with van der Waals surface area (Å²) < 4.78 is 2.12. The fourth-order valence-corrected chi connectivity index (χ4v) is 6.14. The lowest BCUT2D eigenvalue weighted by Gasteiger charge is -2.36. The Morgan fingerprint density at radius 3 is 2.56 bits per heavy atom. The first-order chi connectivity index (χ1) is 16.7. The average Bonchev–Trinajstić information content (AvgIpc) is 3.57. The van der Waals surface area contributed by atoms with Crippen molar-refractivity contribution in [2.45, 2.75) is 109 Å². The van der Waals surface area contributed by atoms with Gasteiger partial charge in [-0.2, -0.15) is 0 Å². The fraction of sp³-hybridized carbons (Fsp3) is 0.630. The van der Waals surface area contributed by atoms with Gasteiger partial charge >= 0.3 is 0 Å². The van der Waals surface area contributed by atoms with Crippen LogP contribution in [-0.4, -0.2) is 36.1 Å². The molecule has 0 bridgehead atoms. The number of pyridine rings is 1. The lowest BCUT2D eigenvalue weighted by atomic mass is 9.95. The van der Waals surface area contributed by atoms with E-state index in [4.69, 9.17) is 0 Å². The molecule has 2 aliphatic carbocycles. The summed E-state index contributed by atoms with van der Waals surface area (Å²) in [6.45, 7) is 5.02. The van der Waals surface area contributed by atoms with E-state index < -0.39 is 0 Å². The molecule has 182 valence electrons. The second kappa shape index (κ2) is 10.4. The van der Waals surface area contributed by atoms with E-state index in [0.29, 0.717) is 18.6 Å². The van der Waals surface area contributed by atoms with Gasteiger partial charge in [-0.1, -0.05) is 52.0 Å². The zero-order valence-electron chi connectivity index (χ0n) is 20.7. The molecule has 1 atom stereocenters. The number of nitrogens with one attached hydrogen (secondary N) is 1. The van der Waals surface area contributed by atoms with Crippen LogP contribution in [0.15, 0.2) is 29.1 Å². The molecule has 0 amide bonds. The highest BCUT2D eigenvalue weighted by atomic mass is 16.1. The summed E-state index contributed by atoms with van der Waals surface area (Å²) in [7, 11) is 0. The first-order valence-electron chi connectivity index (χ1n) is 13.4. The van der Waals surface area contributed by atoms with Crippen LogP contribution in [0.2, 0.25) is 0 Å². The fourth-order valence-electron chi connectivity index (χ4n) is 6.14. The third-order valence-corrected chi connectivity index (χ3v) is 8.06. The van der Waals surface area contributed by atoms with Crippen LogP contribution >= 0.6 is 0 Å². The quantitative estimate of drug-likeness (QED) is 0.480. The van der Waals surface area contributed by atoms with Gasteiger partial charge in [-0.05, 0) is 78.1 Å². The molecule has 0 unspecified atom stereocenters. The third-order valence-electron chi connectivity index (χ3n) is 8.06. The van der Waals surface area contributed by atoms with Crippen molar-refractivity contribution in [1.29, 1.82) is 0 Å². The molecule has 0 aliphatic heterocycles. The van der Waals surface area contributed by atoms with E-state index in [-0.39, 0.29) is 11.6 Å². The summed E-state index contributed by atoms with van der Waals surface area (Å²) in [6.07, 6.45) is 12.9. The Labute approximate surface area is 201 Å². The van der Waals surface area contributed by atoms with Crippen molar-refractivity contribution in [1.82, 2.24) is 30.1 Å². The van der Waals surface area contributed by atoms with Gasteiger partial charge in [-0.15, -0.1) is 5.10 Å². The highest BCUT2D eigenvalue weighted by molar-refractivity contribution is 5.79. The van der Waals surface area contributed by atoms with Crippen LogP contribution in [0.1, 0.15) is 107 Å². The summed E-state index contributed by atoms with van der Waals surface area (Å²) in [4.78, 5) is 18.8. The zero-order valence-corrected chi connectivity index (χ0v) is 20.7. The lowest BCUT2D eigenvalue weighted by molar-refractivity contribution is 0.109. The van der Waals surface area contributed by atoms with Crippen LogP contribution in [0.5, 0.6) is 0 Å². The number of tetrazole rings is 1. The molecule has 2 heterocycles. The third kappa shape index (κ3) is 4.67. The molecule has 34 heavy (non-hydrogen) atoms. The topological polar surface area (TPSA) is 79.7 Å². The van der Waals surface area contributed by atoms with Crippen LogP contribution in [0, 0.1) is 0 Å². The van der Waals surface area contributed by atoms with E-state index >= 15 is 0 Å². The molecule has 5 rings (SSSR count). The molecule has 2 saturated carbocycles. The number of fused-ring (bicyclic) bond motifs is 1. The lowest BCUT2D eigenvalue weighted by Crippen LogP contribution is -2.39. The zero-order chi connectivity index (χ0) is 23.5. The van der Waals surface area contributed by atoms with Gasteiger partial charge in [0.05, 0.1) is 12.1 Å². The Kier molecular flexibility index (Phi) is 7.09. The van der Waals surface area contributed by atoms with Gasteiger partial charge in [0.1, 0.15) is 0 Å². The van der Waals surface area contributed by atoms with Crippen molar-refractivity contribution in [2.75, 3.05) is 0 Å². The summed E-state index contributed by atoms with van der Waals surface area (Å²) in [5.41, 5.74) is 3.05. The molecule has 1 N–H and O–H groups in total. The Bertz CT molecular complexity index is 1160. The Hall–Kier alpha value is -2.54. The SMILES string of the molecule is CCc1ccc2[nH]c(=O)c(CN(C3CCCC3)[C@H](CC)c3nnnn3C3CCCCC3)cc2c1. The Balaban J connectivity index is 1.50. The van der Waals surface area contributed by atoms with Crippen molar-refractivity contribution in [3.8, 4) is 0 Å². The predicted octanol–water partition coefficient (Wildman–Crippen LogP) is 5.48. The Morgan fingerprint density at radius 2 is 1.82 bits per heavy atom. The molecule has 7 heteroatoms. The highest BCUT2D eigenvalue weighted by Gasteiger charge is 2.34. The van der Waals surface area contributed by atoms with Crippen molar-refractivity contribution >= 4 is 10.9 Å². The molecule has 0 spiro atoms. The van der Waals surface area contributed by atoms with Gasteiger partial charge in [-0.25, -0.2) is 4.68 Å². The van der Waals surface area contributed by atoms with Crippen LogP contribution < -0.4 is 5.56 Å². The Morgan fingerprint density at radius 1 is 1.06 bits per heavy atom. The van der Waals surface area contributed by atoms with Gasteiger partial charge in [-0.3, -0.25) is 9.69 Å². The minimum absolute atomic E-state index is 0.0153. The van der Waals surface area contributed by atoms with E-state index in [2.05, 4.69) is 62.1 Å². The molecule has 3 aromatic rings. The standard InChI is InChI=1S/C27H38N6O/c1-3-19-14-15-24-20(16-19)17-21(27(34)28-24)18-32(22-10-8-9-11-22)25(4-2)26-29-30-31-33(26)23-12-6-5-7-13-23/h14-17,22-23,25H,3-13,18H2,1-2H3,(H,28,34)/t25-/m1/s1. The van der Waals surface area contributed by atoms with E-state index in [1.807, 2.05) is 6.07 Å². The van der Waals surface area contributed by atoms with E-state index in [0.717, 1.165) is 48.0 Å². The predicted molar refractivity (Wildman–Crippen MR) is 135 cm³/mol. The monoisotopic (exact) mass is 462 g/mol. The number of aromatic amines is 1. The smallest absolute Gasteiger partial charge is 0.252 e. The van der Waals surface area contributed by atoms with Crippen molar-refractivity contribution in [2.24, 2.45) is 0 Å². The number of H-pyrrole nitrogens is 1. The van der Waals surface area contributed by atoms with Crippen LogP contribution in [0.4, 0.5) is 0 Å². The largest absolute Gasteiger partial charge is 0.322 e. The summed E-state index contributed by atoms with van der Waals surface area (Å²) in [5.74, 6) is 0.979. The van der Waals surface area contributed by atoms with Gasteiger partial charge in [0.15, 0.2) is 5.82 Å². The van der Waals surface area contributed by atoms with Crippen molar-refractivity contribution in [3.63, 3.8) is 0 Å². The van der Waals surface area contributed by atoms with Gasteiger partial charge in [0.25, 0.3) is 5.56 Å². The first kappa shape index (κ1) is 23.2. The van der Waals surface area contributed by atoms with Gasteiger partial charge in [0, 0.05) is 23.7 Å². The van der Waals surface area contributed by atoms with E-state index in [1.165, 1.54) is 50.5 Å². The molecule has 1 aromatic carbocycles. The van der Waals surface area contributed by atoms with Crippen molar-refractivity contribution < 1.29 is 0 Å². The van der Waals surface area contributed by atoms with Crippen molar-refractivity contribution in [3.05, 3.63) is 51.6 Å². The number of nitrogens with zero attached hydrogens (tertiary/aromatic N) is 5. The molecular weight excluding hydrogens is 424 g/mol. The molecular formula is C27H38N6O. The number of rotatable bonds is 8. The van der Waals surface area contributed by atoms with Gasteiger partial charge < -0.3 is 4.98 Å². The molecule has 0 saturated heterocycles. The highest BCUT2D eigenvalue weighted by Crippen LogP contribution is 2.36. The van der Waals surface area contributed by atoms with Crippen LogP contribution in [-0.2, 0) is 13.0 Å². The molecule has 0 radical (unpaired) electrons. The summed E-state index contributed by atoms with van der Waals surface area (Å²) >= 11 is 0. The normalized spacial score (nSPS) is 18.8. The summed E-state index contributed by atoms with van der Waals surface area (Å²) in [6, 6.07) is 9.40. The number of aryl methyl sites for hydroxylation is 1. The number of hydrogen-bond acceptors (Lipinski definition) is 5. The first-order valence-corrected chi connectivity index (χ1v) is 13.4. The molecule has 7 nitrogen and oxygen atoms in total. The molecule has 2 aliphatic rings. The average molecular weight is 463 g/mol. The minimum atomic E-state index is 0.0153. The minimum Gasteiger partial charge on any atom is -0.322 e. The van der Waals surface area contributed by atoms with Gasteiger partial charge in [0.2, 0.25) is 0 Å². The maximum Gasteiger partial charge on any atom is 0.252 e. The number of hydrogen-bond donors (Lipinski definition) is 1. The number of benzene rings is 1. The second-order valence-corrected chi connectivity index (χ2v) is 10.2. The van der Waals surface area contributed by atoms with Crippen LogP contribution in [0.25, 0.3) is 10.9 Å². The molecule has 2 aromatic heterocycles. The summed E-state index contributed by atoms with van der Waals surface area (Å²) in [5, 5.41) is 14.3. The molecule has 2 fully saturated rings. The maximum absolute atomic E-state index is 13.1. The second-order valence-electron chi connectivity index (χ2n) is 10.2. The van der Waals surface area contributed by atoms with Crippen LogP contribution in [0.3, 0.4) is 0 Å². The van der Waals surface area contributed by atoms with E-state index in [9.17, 15) is 4.79 Å². The number of aromatic nitrogens is 5. The maximum atomic E-state index is 13.1. The van der Waals surface area contributed by atoms with E-state index in [1.54, 1.807) is 0 Å².